The van der Waals surface area contributed by atoms with Crippen LogP contribution in [0.15, 0.2) is 24.3 Å². The number of nitriles is 1. The van der Waals surface area contributed by atoms with Crippen LogP contribution < -0.4 is 10.1 Å². The molecule has 0 saturated carbocycles. The molecule has 1 unspecified atom stereocenters. The predicted molar refractivity (Wildman–Crippen MR) is 68.0 cm³/mol. The van der Waals surface area contributed by atoms with Crippen molar-refractivity contribution < 1.29 is 17.9 Å². The largest absolute Gasteiger partial charge is 0.573 e. The normalized spacial score (nSPS) is 13.1. The van der Waals surface area contributed by atoms with E-state index in [2.05, 4.69) is 10.1 Å². The van der Waals surface area contributed by atoms with Crippen molar-refractivity contribution in [3.05, 3.63) is 29.8 Å². The molecule has 0 fully saturated rings. The van der Waals surface area contributed by atoms with Gasteiger partial charge in [-0.05, 0) is 20.2 Å². The Kier molecular flexibility index (Phi) is 5.80. The molecule has 0 aliphatic rings. The van der Waals surface area contributed by atoms with Crippen molar-refractivity contribution in [2.24, 2.45) is 0 Å². The maximum Gasteiger partial charge on any atom is 0.573 e. The van der Waals surface area contributed by atoms with Crippen molar-refractivity contribution in [3.63, 3.8) is 0 Å². The lowest BCUT2D eigenvalue weighted by Gasteiger charge is -2.18. The van der Waals surface area contributed by atoms with E-state index >= 15 is 0 Å². The molecule has 1 aromatic rings. The van der Waals surface area contributed by atoms with Crippen LogP contribution in [0.2, 0.25) is 0 Å². The summed E-state index contributed by atoms with van der Waals surface area (Å²) < 4.78 is 40.9. The SMILES string of the molecule is CN(C)CCNC(C#N)c1ccccc1OC(F)(F)F. The van der Waals surface area contributed by atoms with Crippen LogP contribution in [0, 0.1) is 11.3 Å². The Labute approximate surface area is 115 Å². The first-order valence-corrected chi connectivity index (χ1v) is 5.96. The summed E-state index contributed by atoms with van der Waals surface area (Å²) in [6.45, 7) is 1.14. The number of ether oxygens (including phenoxy) is 1. The van der Waals surface area contributed by atoms with E-state index in [1.54, 1.807) is 6.07 Å². The van der Waals surface area contributed by atoms with Crippen LogP contribution in [0.25, 0.3) is 0 Å². The number of para-hydroxylation sites is 1. The molecule has 0 aliphatic heterocycles. The van der Waals surface area contributed by atoms with Crippen molar-refractivity contribution in [1.82, 2.24) is 10.2 Å². The van der Waals surface area contributed by atoms with E-state index in [0.717, 1.165) is 0 Å². The summed E-state index contributed by atoms with van der Waals surface area (Å²) >= 11 is 0. The lowest BCUT2D eigenvalue weighted by Crippen LogP contribution is -2.30. The molecule has 1 rings (SSSR count). The second kappa shape index (κ2) is 7.12. The molecule has 0 spiro atoms. The number of hydrogen-bond donors (Lipinski definition) is 1. The van der Waals surface area contributed by atoms with Crippen LogP contribution in [0.5, 0.6) is 5.75 Å². The summed E-state index contributed by atoms with van der Waals surface area (Å²) in [6, 6.07) is 6.72. The highest BCUT2D eigenvalue weighted by atomic mass is 19.4. The van der Waals surface area contributed by atoms with E-state index in [-0.39, 0.29) is 11.3 Å². The Morgan fingerprint density at radius 2 is 2.00 bits per heavy atom. The Morgan fingerprint density at radius 3 is 2.55 bits per heavy atom. The molecule has 0 aromatic heterocycles. The van der Waals surface area contributed by atoms with Gasteiger partial charge in [0.1, 0.15) is 11.8 Å². The zero-order valence-corrected chi connectivity index (χ0v) is 11.2. The van der Waals surface area contributed by atoms with Crippen molar-refractivity contribution >= 4 is 0 Å². The Balaban J connectivity index is 2.84. The second-order valence-corrected chi connectivity index (χ2v) is 4.41. The lowest BCUT2D eigenvalue weighted by atomic mass is 10.1. The third-order valence-corrected chi connectivity index (χ3v) is 2.49. The van der Waals surface area contributed by atoms with Gasteiger partial charge in [-0.25, -0.2) is 0 Å². The summed E-state index contributed by atoms with van der Waals surface area (Å²) in [7, 11) is 3.73. The van der Waals surface area contributed by atoms with Crippen LogP contribution in [0.3, 0.4) is 0 Å². The first kappa shape index (κ1) is 16.3. The smallest absolute Gasteiger partial charge is 0.405 e. The highest BCUT2D eigenvalue weighted by Gasteiger charge is 2.32. The molecule has 0 bridgehead atoms. The average molecular weight is 287 g/mol. The van der Waals surface area contributed by atoms with E-state index in [9.17, 15) is 13.2 Å². The summed E-state index contributed by atoms with van der Waals surface area (Å²) in [6.07, 6.45) is -4.78. The number of nitrogens with one attached hydrogen (secondary N) is 1. The Hall–Kier alpha value is -1.78. The van der Waals surface area contributed by atoms with Gasteiger partial charge in [0, 0.05) is 18.7 Å². The first-order valence-electron chi connectivity index (χ1n) is 5.96. The number of likely N-dealkylation sites (N-methyl/N-ethyl adjacent to an activating group) is 1. The van der Waals surface area contributed by atoms with Gasteiger partial charge < -0.3 is 9.64 Å². The predicted octanol–water partition coefficient (Wildman–Crippen LogP) is 2.30. The summed E-state index contributed by atoms with van der Waals surface area (Å²) in [5.74, 6) is -0.357. The third-order valence-electron chi connectivity index (χ3n) is 2.49. The van der Waals surface area contributed by atoms with Crippen LogP contribution >= 0.6 is 0 Å². The number of hydrogen-bond acceptors (Lipinski definition) is 4. The van der Waals surface area contributed by atoms with Gasteiger partial charge in [-0.15, -0.1) is 13.2 Å². The van der Waals surface area contributed by atoms with Crippen molar-refractivity contribution in [3.8, 4) is 11.8 Å². The molecule has 7 heteroatoms. The minimum Gasteiger partial charge on any atom is -0.405 e. The summed E-state index contributed by atoms with van der Waals surface area (Å²) in [4.78, 5) is 1.90. The van der Waals surface area contributed by atoms with Gasteiger partial charge >= 0.3 is 6.36 Å². The number of halogens is 3. The molecule has 0 heterocycles. The van der Waals surface area contributed by atoms with E-state index in [1.807, 2.05) is 25.1 Å². The highest BCUT2D eigenvalue weighted by Crippen LogP contribution is 2.29. The Morgan fingerprint density at radius 1 is 1.35 bits per heavy atom. The van der Waals surface area contributed by atoms with Gasteiger partial charge in [0.2, 0.25) is 0 Å². The third kappa shape index (κ3) is 5.47. The van der Waals surface area contributed by atoms with Gasteiger partial charge in [0.25, 0.3) is 0 Å². The molecule has 0 amide bonds. The van der Waals surface area contributed by atoms with Crippen LogP contribution in [-0.4, -0.2) is 38.4 Å². The average Bonchev–Trinajstić information content (AvgIpc) is 2.33. The van der Waals surface area contributed by atoms with Crippen LogP contribution in [0.4, 0.5) is 13.2 Å². The molecule has 1 aromatic carbocycles. The van der Waals surface area contributed by atoms with Gasteiger partial charge in [-0.1, -0.05) is 18.2 Å². The standard InChI is InChI=1S/C13H16F3N3O/c1-19(2)8-7-18-11(9-17)10-5-3-4-6-12(10)20-13(14,15)16/h3-6,11,18H,7-8H2,1-2H3. The van der Waals surface area contributed by atoms with Gasteiger partial charge in [-0.3, -0.25) is 5.32 Å². The minimum atomic E-state index is -4.78. The molecule has 0 radical (unpaired) electrons. The first-order chi connectivity index (χ1) is 9.33. The van der Waals surface area contributed by atoms with Gasteiger partial charge in [0.05, 0.1) is 6.07 Å². The molecule has 0 saturated heterocycles. The molecule has 110 valence electrons. The molecule has 4 nitrogen and oxygen atoms in total. The number of rotatable bonds is 6. The quantitative estimate of drug-likeness (QED) is 0.872. The summed E-state index contributed by atoms with van der Waals surface area (Å²) in [5.41, 5.74) is 0.172. The fourth-order valence-electron chi connectivity index (χ4n) is 1.59. The maximum absolute atomic E-state index is 12.3. The van der Waals surface area contributed by atoms with Crippen molar-refractivity contribution in [1.29, 1.82) is 5.26 Å². The molecule has 1 N–H and O–H groups in total. The second-order valence-electron chi connectivity index (χ2n) is 4.41. The maximum atomic E-state index is 12.3. The summed E-state index contributed by atoms with van der Waals surface area (Å²) in [5, 5.41) is 12.0. The molecular weight excluding hydrogens is 271 g/mol. The molecular formula is C13H16F3N3O. The fraction of sp³-hybridized carbons (Fsp3) is 0.462. The van der Waals surface area contributed by atoms with Crippen LogP contribution in [0.1, 0.15) is 11.6 Å². The van der Waals surface area contributed by atoms with E-state index in [4.69, 9.17) is 5.26 Å². The van der Waals surface area contributed by atoms with Crippen LogP contribution in [-0.2, 0) is 0 Å². The number of nitrogens with zero attached hydrogens (tertiary/aromatic N) is 2. The zero-order chi connectivity index (χ0) is 15.2. The van der Waals surface area contributed by atoms with Crippen molar-refractivity contribution in [2.75, 3.05) is 27.2 Å². The van der Waals surface area contributed by atoms with E-state index in [1.165, 1.54) is 18.2 Å². The zero-order valence-electron chi connectivity index (χ0n) is 11.2. The Bertz CT molecular complexity index is 469. The number of benzene rings is 1. The molecule has 0 aliphatic carbocycles. The van der Waals surface area contributed by atoms with Gasteiger partial charge in [0.15, 0.2) is 0 Å². The molecule has 1 atom stereocenters. The molecule has 20 heavy (non-hydrogen) atoms. The highest BCUT2D eigenvalue weighted by molar-refractivity contribution is 5.38. The lowest BCUT2D eigenvalue weighted by molar-refractivity contribution is -0.274. The monoisotopic (exact) mass is 287 g/mol. The van der Waals surface area contributed by atoms with Crippen molar-refractivity contribution in [2.45, 2.75) is 12.4 Å². The number of alkyl halides is 3. The van der Waals surface area contributed by atoms with E-state index in [0.29, 0.717) is 13.1 Å². The fourth-order valence-corrected chi connectivity index (χ4v) is 1.59. The van der Waals surface area contributed by atoms with E-state index < -0.39 is 12.4 Å². The van der Waals surface area contributed by atoms with Gasteiger partial charge in [-0.2, -0.15) is 5.26 Å². The minimum absolute atomic E-state index is 0.172. The topological polar surface area (TPSA) is 48.3 Å².